The minimum absolute atomic E-state index is 0.537. The lowest BCUT2D eigenvalue weighted by Crippen LogP contribution is -1.93. The van der Waals surface area contributed by atoms with Crippen molar-refractivity contribution in [1.29, 1.82) is 0 Å². The largest absolute Gasteiger partial charge is 0.434 e. The molecule has 0 amide bonds. The molecule has 0 saturated carbocycles. The first kappa shape index (κ1) is 24.7. The molecule has 0 fully saturated rings. The van der Waals surface area contributed by atoms with E-state index in [1.165, 1.54) is 0 Å². The molecule has 0 aliphatic rings. The van der Waals surface area contributed by atoms with E-state index in [9.17, 15) is 0 Å². The zero-order chi connectivity index (χ0) is 28.6. The fourth-order valence-corrected chi connectivity index (χ4v) is 5.28. The average molecular weight is 555 g/mol. The van der Waals surface area contributed by atoms with Crippen LogP contribution in [0.1, 0.15) is 0 Å². The van der Waals surface area contributed by atoms with Crippen molar-refractivity contribution in [2.75, 3.05) is 0 Å². The van der Waals surface area contributed by atoms with Crippen molar-refractivity contribution in [3.05, 3.63) is 134 Å². The Morgan fingerprint density at radius 2 is 1.28 bits per heavy atom. The molecule has 6 aromatic heterocycles. The fraction of sp³-hybridized carbons (Fsp3) is 0. The highest BCUT2D eigenvalue weighted by Gasteiger charge is 2.16. The smallest absolute Gasteiger partial charge is 0.229 e. The third kappa shape index (κ3) is 4.59. The molecule has 0 radical (unpaired) electrons. The maximum atomic E-state index is 6.15. The summed E-state index contributed by atoms with van der Waals surface area (Å²) >= 11 is 0. The van der Waals surface area contributed by atoms with Crippen molar-refractivity contribution in [2.24, 2.45) is 0 Å². The Bertz CT molecular complexity index is 2160. The lowest BCUT2D eigenvalue weighted by atomic mass is 9.99. The highest BCUT2D eigenvalue weighted by atomic mass is 16.3. The number of fused-ring (bicyclic) bond motifs is 3. The summed E-state index contributed by atoms with van der Waals surface area (Å²) in [6.07, 6.45) is 8.79. The first-order valence-corrected chi connectivity index (χ1v) is 13.8. The molecule has 7 heteroatoms. The van der Waals surface area contributed by atoms with Gasteiger partial charge in [-0.25, -0.2) is 19.9 Å². The van der Waals surface area contributed by atoms with E-state index in [2.05, 4.69) is 67.4 Å². The molecule has 2 aromatic carbocycles. The van der Waals surface area contributed by atoms with E-state index in [0.29, 0.717) is 11.3 Å². The van der Waals surface area contributed by atoms with Gasteiger partial charge in [-0.1, -0.05) is 60.7 Å². The van der Waals surface area contributed by atoms with Gasteiger partial charge in [-0.05, 0) is 59.2 Å². The number of rotatable bonds is 5. The summed E-state index contributed by atoms with van der Waals surface area (Å²) in [4.78, 5) is 27.4. The van der Waals surface area contributed by atoms with E-state index in [0.717, 1.165) is 67.1 Å². The lowest BCUT2D eigenvalue weighted by molar-refractivity contribution is 0.652. The van der Waals surface area contributed by atoms with Gasteiger partial charge < -0.3 is 4.42 Å². The minimum Gasteiger partial charge on any atom is -0.434 e. The fourth-order valence-electron chi connectivity index (χ4n) is 5.28. The summed E-state index contributed by atoms with van der Waals surface area (Å²) in [5.41, 5.74) is 11.2. The van der Waals surface area contributed by atoms with Gasteiger partial charge in [0.1, 0.15) is 17.5 Å². The molecule has 0 unspecified atom stereocenters. The van der Waals surface area contributed by atoms with Crippen molar-refractivity contribution in [1.82, 2.24) is 29.9 Å². The highest BCUT2D eigenvalue weighted by Crippen LogP contribution is 2.35. The van der Waals surface area contributed by atoms with E-state index in [-0.39, 0.29) is 0 Å². The molecule has 7 nitrogen and oxygen atoms in total. The van der Waals surface area contributed by atoms with Gasteiger partial charge in [-0.3, -0.25) is 9.97 Å². The van der Waals surface area contributed by atoms with Gasteiger partial charge in [-0.2, -0.15) is 0 Å². The van der Waals surface area contributed by atoms with Crippen LogP contribution in [-0.4, -0.2) is 29.9 Å². The predicted molar refractivity (Wildman–Crippen MR) is 168 cm³/mol. The van der Waals surface area contributed by atoms with Crippen molar-refractivity contribution in [2.45, 2.75) is 0 Å². The summed E-state index contributed by atoms with van der Waals surface area (Å²) in [6.45, 7) is 0. The first-order chi connectivity index (χ1) is 21.3. The minimum atomic E-state index is 0.537. The van der Waals surface area contributed by atoms with Crippen LogP contribution in [0, 0.1) is 0 Å². The summed E-state index contributed by atoms with van der Waals surface area (Å²) < 4.78 is 6.15. The topological polar surface area (TPSA) is 90.5 Å². The van der Waals surface area contributed by atoms with Gasteiger partial charge in [-0.15, -0.1) is 0 Å². The number of benzene rings is 2. The molecule has 6 heterocycles. The average Bonchev–Trinajstić information content (AvgIpc) is 3.47. The predicted octanol–water partition coefficient (Wildman–Crippen LogP) is 8.29. The number of furan rings is 1. The Hall–Kier alpha value is -6.08. The SMILES string of the molecule is c1ccc(-c2ncnc3c2oc2ncc(-c4ccc(-c5cc(-c6cccnc6)nc(-c6ccccn6)c5)cc4)cc23)cc1. The summed E-state index contributed by atoms with van der Waals surface area (Å²) in [6, 6.07) is 34.4. The van der Waals surface area contributed by atoms with E-state index >= 15 is 0 Å². The molecular formula is C36H22N6O. The van der Waals surface area contributed by atoms with Crippen LogP contribution in [0.4, 0.5) is 0 Å². The third-order valence-corrected chi connectivity index (χ3v) is 7.42. The molecule has 8 rings (SSSR count). The summed E-state index contributed by atoms with van der Waals surface area (Å²) in [5, 5.41) is 0.853. The quantitative estimate of drug-likeness (QED) is 0.211. The molecular weight excluding hydrogens is 532 g/mol. The molecule has 0 N–H and O–H groups in total. The maximum Gasteiger partial charge on any atom is 0.229 e. The lowest BCUT2D eigenvalue weighted by Gasteiger charge is -2.10. The van der Waals surface area contributed by atoms with E-state index in [4.69, 9.17) is 9.40 Å². The van der Waals surface area contributed by atoms with Gasteiger partial charge in [0, 0.05) is 41.5 Å². The zero-order valence-corrected chi connectivity index (χ0v) is 22.8. The van der Waals surface area contributed by atoms with E-state index in [1.54, 1.807) is 18.7 Å². The zero-order valence-electron chi connectivity index (χ0n) is 22.8. The second-order valence-corrected chi connectivity index (χ2v) is 10.1. The number of nitrogens with zero attached hydrogens (tertiary/aromatic N) is 6. The molecule has 0 aliphatic heterocycles. The Labute approximate surface area is 246 Å². The molecule has 0 bridgehead atoms. The van der Waals surface area contributed by atoms with Crippen molar-refractivity contribution in [3.63, 3.8) is 0 Å². The molecule has 0 atom stereocenters. The van der Waals surface area contributed by atoms with Gasteiger partial charge in [0.15, 0.2) is 5.58 Å². The highest BCUT2D eigenvalue weighted by molar-refractivity contribution is 6.06. The van der Waals surface area contributed by atoms with Crippen LogP contribution in [-0.2, 0) is 0 Å². The van der Waals surface area contributed by atoms with Crippen LogP contribution in [0.2, 0.25) is 0 Å². The van der Waals surface area contributed by atoms with E-state index in [1.807, 2.05) is 73.1 Å². The monoisotopic (exact) mass is 554 g/mol. The number of hydrogen-bond acceptors (Lipinski definition) is 7. The molecule has 0 aliphatic carbocycles. The van der Waals surface area contributed by atoms with Crippen molar-refractivity contribution >= 4 is 22.2 Å². The van der Waals surface area contributed by atoms with Crippen molar-refractivity contribution < 1.29 is 4.42 Å². The van der Waals surface area contributed by atoms with E-state index < -0.39 is 0 Å². The van der Waals surface area contributed by atoms with Crippen LogP contribution in [0.25, 0.3) is 78.4 Å². The number of pyridine rings is 4. The van der Waals surface area contributed by atoms with Gasteiger partial charge in [0.2, 0.25) is 5.71 Å². The standard InChI is InChI=1S/C36H22N6O/c1-2-7-25(8-3-1)33-35-34(41-22-40-33)29-17-28(21-39-36(29)43-35)24-13-11-23(12-14-24)27-18-31(26-9-6-15-37-20-26)42-32(19-27)30-10-4-5-16-38-30/h1-22H. The molecule has 202 valence electrons. The Morgan fingerprint density at radius 1 is 0.488 bits per heavy atom. The van der Waals surface area contributed by atoms with Gasteiger partial charge in [0.25, 0.3) is 0 Å². The molecule has 43 heavy (non-hydrogen) atoms. The maximum absolute atomic E-state index is 6.15. The van der Waals surface area contributed by atoms with Gasteiger partial charge >= 0.3 is 0 Å². The number of hydrogen-bond donors (Lipinski definition) is 0. The first-order valence-electron chi connectivity index (χ1n) is 13.8. The second-order valence-electron chi connectivity index (χ2n) is 10.1. The normalized spacial score (nSPS) is 11.3. The van der Waals surface area contributed by atoms with Crippen LogP contribution in [0.3, 0.4) is 0 Å². The summed E-state index contributed by atoms with van der Waals surface area (Å²) in [5.74, 6) is 0. The summed E-state index contributed by atoms with van der Waals surface area (Å²) in [7, 11) is 0. The van der Waals surface area contributed by atoms with Crippen LogP contribution >= 0.6 is 0 Å². The molecule has 8 aromatic rings. The van der Waals surface area contributed by atoms with Crippen LogP contribution in [0.15, 0.2) is 139 Å². The third-order valence-electron chi connectivity index (χ3n) is 7.42. The van der Waals surface area contributed by atoms with Crippen LogP contribution in [0.5, 0.6) is 0 Å². The Kier molecular flexibility index (Phi) is 5.97. The van der Waals surface area contributed by atoms with Gasteiger partial charge in [0.05, 0.1) is 22.5 Å². The Balaban J connectivity index is 1.18. The van der Waals surface area contributed by atoms with Crippen LogP contribution < -0.4 is 0 Å². The van der Waals surface area contributed by atoms with Crippen molar-refractivity contribution in [3.8, 4) is 56.2 Å². The molecule has 0 saturated heterocycles. The number of aromatic nitrogens is 6. The molecule has 0 spiro atoms. The second kappa shape index (κ2) is 10.4. The Morgan fingerprint density at radius 3 is 2.07 bits per heavy atom.